The SMILES string of the molecule is CC(C)N(CC[SiH2][SiH2]CCN(C(C)C)C(C)C)C(C)C. The van der Waals surface area contributed by atoms with Crippen molar-refractivity contribution in [2.24, 2.45) is 0 Å². The molecule has 0 aliphatic carbocycles. The molecule has 0 amide bonds. The van der Waals surface area contributed by atoms with Gasteiger partial charge in [-0.2, -0.15) is 0 Å². The predicted octanol–water partition coefficient (Wildman–Crippen LogP) is 2.31. The quantitative estimate of drug-likeness (QED) is 0.426. The molecule has 0 spiro atoms. The largest absolute Gasteiger partial charge is 0.299 e. The fraction of sp³-hybridized carbons (Fsp3) is 1.00. The lowest BCUT2D eigenvalue weighted by Gasteiger charge is -2.31. The normalized spacial score (nSPS) is 14.1. The van der Waals surface area contributed by atoms with Crippen molar-refractivity contribution in [1.82, 2.24) is 9.80 Å². The van der Waals surface area contributed by atoms with Gasteiger partial charge in [0.2, 0.25) is 0 Å². The van der Waals surface area contributed by atoms with Crippen LogP contribution in [0.2, 0.25) is 12.1 Å². The average Bonchev–Trinajstić information content (AvgIpc) is 2.30. The van der Waals surface area contributed by atoms with E-state index in [9.17, 15) is 0 Å². The van der Waals surface area contributed by atoms with Crippen molar-refractivity contribution in [3.05, 3.63) is 0 Å². The van der Waals surface area contributed by atoms with E-state index in [2.05, 4.69) is 65.2 Å². The molecule has 0 aliphatic heterocycles. The van der Waals surface area contributed by atoms with E-state index >= 15 is 0 Å². The summed E-state index contributed by atoms with van der Waals surface area (Å²) >= 11 is 0. The van der Waals surface area contributed by atoms with Gasteiger partial charge >= 0.3 is 0 Å². The fourth-order valence-corrected chi connectivity index (χ4v) is 8.52. The van der Waals surface area contributed by atoms with Gasteiger partial charge in [-0.25, -0.2) is 0 Å². The molecule has 0 saturated heterocycles. The molecule has 0 N–H and O–H groups in total. The van der Waals surface area contributed by atoms with E-state index in [1.54, 1.807) is 12.1 Å². The summed E-state index contributed by atoms with van der Waals surface area (Å²) < 4.78 is 0. The molecule has 0 rings (SSSR count). The third-order valence-corrected chi connectivity index (χ3v) is 10.9. The molecule has 4 heteroatoms. The Morgan fingerprint density at radius 2 is 0.800 bits per heavy atom. The molecule has 0 aromatic rings. The molecule has 0 fully saturated rings. The van der Waals surface area contributed by atoms with Crippen LogP contribution in [0, 0.1) is 0 Å². The first kappa shape index (κ1) is 20.4. The van der Waals surface area contributed by atoms with E-state index in [1.807, 2.05) is 0 Å². The second kappa shape index (κ2) is 11.0. The van der Waals surface area contributed by atoms with Crippen LogP contribution in [-0.2, 0) is 0 Å². The van der Waals surface area contributed by atoms with Crippen molar-refractivity contribution in [3.63, 3.8) is 0 Å². The Morgan fingerprint density at radius 1 is 0.550 bits per heavy atom. The van der Waals surface area contributed by atoms with Gasteiger partial charge in [-0.1, -0.05) is 12.1 Å². The first-order valence-corrected chi connectivity index (χ1v) is 14.8. The van der Waals surface area contributed by atoms with Crippen LogP contribution < -0.4 is 0 Å². The van der Waals surface area contributed by atoms with Crippen molar-refractivity contribution in [2.75, 3.05) is 13.1 Å². The molecule has 0 aromatic carbocycles. The molecule has 0 aromatic heterocycles. The maximum Gasteiger partial charge on any atom is 0.00963 e. The van der Waals surface area contributed by atoms with Crippen LogP contribution in [-0.4, -0.2) is 65.1 Å². The molecule has 0 heterocycles. The van der Waals surface area contributed by atoms with Gasteiger partial charge in [-0.15, -0.1) is 0 Å². The third-order valence-electron chi connectivity index (χ3n) is 4.24. The molecule has 0 radical (unpaired) electrons. The monoisotopic (exact) mass is 316 g/mol. The smallest absolute Gasteiger partial charge is 0.00963 e. The molecule has 2 nitrogen and oxygen atoms in total. The van der Waals surface area contributed by atoms with Crippen LogP contribution in [0.5, 0.6) is 0 Å². The lowest BCUT2D eigenvalue weighted by Crippen LogP contribution is -2.39. The van der Waals surface area contributed by atoms with Crippen LogP contribution >= 0.6 is 0 Å². The van der Waals surface area contributed by atoms with Crippen LogP contribution in [0.4, 0.5) is 0 Å². The summed E-state index contributed by atoms with van der Waals surface area (Å²) in [5.74, 6) is 0. The summed E-state index contributed by atoms with van der Waals surface area (Å²) in [6.07, 6.45) is 0. The van der Waals surface area contributed by atoms with Crippen molar-refractivity contribution >= 4 is 18.1 Å². The molecule has 0 atom stereocenters. The second-order valence-corrected chi connectivity index (χ2v) is 14.3. The molecule has 0 bridgehead atoms. The lowest BCUT2D eigenvalue weighted by atomic mass is 10.2. The molecular formula is C16H40N2Si2. The Kier molecular flexibility index (Phi) is 11.2. The van der Waals surface area contributed by atoms with Crippen molar-refractivity contribution in [1.29, 1.82) is 0 Å². The summed E-state index contributed by atoms with van der Waals surface area (Å²) in [5.41, 5.74) is 0. The zero-order valence-electron chi connectivity index (χ0n) is 15.4. The maximum atomic E-state index is 2.66. The summed E-state index contributed by atoms with van der Waals surface area (Å²) in [6, 6.07) is 5.94. The highest BCUT2D eigenvalue weighted by molar-refractivity contribution is 7.00. The minimum Gasteiger partial charge on any atom is -0.299 e. The fourth-order valence-electron chi connectivity index (χ4n) is 3.17. The Bertz CT molecular complexity index is 191. The molecule has 0 unspecified atom stereocenters. The second-order valence-electron chi connectivity index (χ2n) is 7.26. The van der Waals surface area contributed by atoms with Gasteiger partial charge in [0.1, 0.15) is 0 Å². The highest BCUT2D eigenvalue weighted by atomic mass is 29.1. The standard InChI is InChI=1S/C16H40N2Si2/c1-13(2)17(14(3)4)9-11-19-20-12-10-18(15(5)6)16(7)8/h13-16H,9-12,19-20H2,1-8H3. The zero-order valence-corrected chi connectivity index (χ0v) is 18.3. The summed E-state index contributed by atoms with van der Waals surface area (Å²) in [4.78, 5) is 5.33. The Morgan fingerprint density at radius 3 is 1.00 bits per heavy atom. The van der Waals surface area contributed by atoms with Gasteiger partial charge in [-0.3, -0.25) is 9.80 Å². The first-order chi connectivity index (χ1) is 9.27. The number of hydrogen-bond acceptors (Lipinski definition) is 2. The van der Waals surface area contributed by atoms with Crippen LogP contribution in [0.15, 0.2) is 0 Å². The lowest BCUT2D eigenvalue weighted by molar-refractivity contribution is 0.185. The van der Waals surface area contributed by atoms with Crippen LogP contribution in [0.3, 0.4) is 0 Å². The predicted molar refractivity (Wildman–Crippen MR) is 101 cm³/mol. The topological polar surface area (TPSA) is 6.48 Å². The van der Waals surface area contributed by atoms with Gasteiger partial charge in [0, 0.05) is 42.2 Å². The minimum atomic E-state index is 0.283. The van der Waals surface area contributed by atoms with E-state index in [4.69, 9.17) is 0 Å². The van der Waals surface area contributed by atoms with E-state index in [-0.39, 0.29) is 18.1 Å². The van der Waals surface area contributed by atoms with E-state index < -0.39 is 0 Å². The van der Waals surface area contributed by atoms with Gasteiger partial charge in [0.15, 0.2) is 0 Å². The third kappa shape index (κ3) is 8.60. The highest BCUT2D eigenvalue weighted by Gasteiger charge is 2.14. The van der Waals surface area contributed by atoms with Gasteiger partial charge < -0.3 is 0 Å². The Labute approximate surface area is 133 Å². The molecule has 122 valence electrons. The van der Waals surface area contributed by atoms with Gasteiger partial charge in [0.25, 0.3) is 0 Å². The maximum absolute atomic E-state index is 2.66. The van der Waals surface area contributed by atoms with Crippen LogP contribution in [0.25, 0.3) is 0 Å². The van der Waals surface area contributed by atoms with E-state index in [0.29, 0.717) is 24.2 Å². The first-order valence-electron chi connectivity index (χ1n) is 8.78. The van der Waals surface area contributed by atoms with Crippen LogP contribution in [0.1, 0.15) is 55.4 Å². The average molecular weight is 317 g/mol. The number of nitrogens with zero attached hydrogens (tertiary/aromatic N) is 2. The van der Waals surface area contributed by atoms with Gasteiger partial charge in [-0.05, 0) is 68.5 Å². The molecule has 20 heavy (non-hydrogen) atoms. The number of hydrogen-bond donors (Lipinski definition) is 0. The van der Waals surface area contributed by atoms with Crippen molar-refractivity contribution < 1.29 is 0 Å². The van der Waals surface area contributed by atoms with E-state index in [0.717, 1.165) is 0 Å². The Hall–Kier alpha value is 0.354. The zero-order chi connectivity index (χ0) is 15.7. The van der Waals surface area contributed by atoms with Crippen molar-refractivity contribution in [2.45, 2.75) is 91.6 Å². The number of rotatable bonds is 11. The minimum absolute atomic E-state index is 0.283. The summed E-state index contributed by atoms with van der Waals surface area (Å²) in [6.45, 7) is 21.4. The molecule has 0 saturated carbocycles. The summed E-state index contributed by atoms with van der Waals surface area (Å²) in [7, 11) is 0.566. The summed E-state index contributed by atoms with van der Waals surface area (Å²) in [5, 5.41) is 0. The van der Waals surface area contributed by atoms with Crippen molar-refractivity contribution in [3.8, 4) is 0 Å². The molecule has 0 aliphatic rings. The van der Waals surface area contributed by atoms with Gasteiger partial charge in [0.05, 0.1) is 0 Å². The molecular weight excluding hydrogens is 276 g/mol. The Balaban J connectivity index is 3.76. The van der Waals surface area contributed by atoms with E-state index in [1.165, 1.54) is 13.1 Å². The highest BCUT2D eigenvalue weighted by Crippen LogP contribution is 2.07.